The molecule has 2 N–H and O–H groups in total. The Bertz CT molecular complexity index is 11.5. The van der Waals surface area contributed by atoms with Gasteiger partial charge in [-0.1, -0.05) is 0 Å². The molecule has 0 saturated heterocycles. The number of rotatable bonds is 0. The maximum atomic E-state index is 0. The summed E-state index contributed by atoms with van der Waals surface area (Å²) in [4.78, 5) is 0. The van der Waals surface area contributed by atoms with Crippen molar-refractivity contribution in [2.24, 2.45) is 0 Å². The van der Waals surface area contributed by atoms with Gasteiger partial charge in [0.25, 0.3) is 0 Å². The monoisotopic (exact) mass is 70.0 g/mol. The van der Waals surface area contributed by atoms with Crippen LogP contribution in [0.3, 0.4) is 0 Å². The van der Waals surface area contributed by atoms with E-state index in [2.05, 4.69) is 0 Å². The topological polar surface area (TPSA) is 60.0 Å². The predicted molar refractivity (Wildman–Crippen MR) is 11.8 cm³/mol. The molecule has 0 saturated carbocycles. The molecular weight excluding hydrogens is 65.9 g/mol. The fraction of sp³-hybridized carbons (Fsp3) is 0. The van der Waals surface area contributed by atoms with E-state index in [9.17, 15) is 0 Å². The Morgan fingerprint density at radius 1 is 1.00 bits per heavy atom. The van der Waals surface area contributed by atoms with Gasteiger partial charge in [0.05, 0.1) is 0 Å². The van der Waals surface area contributed by atoms with Gasteiger partial charge in [0.1, 0.15) is 0 Å². The van der Waals surface area contributed by atoms with Gasteiger partial charge < -0.3 is 13.8 Å². The molecule has 4 heteroatoms. The molecule has 0 spiro atoms. The zero-order chi connectivity index (χ0) is 0. The summed E-state index contributed by atoms with van der Waals surface area (Å²) in [5, 5.41) is 0. The second-order valence-corrected chi connectivity index (χ2v) is 0. The van der Waals surface area contributed by atoms with E-state index in [0.29, 0.717) is 0 Å². The molecule has 2 nitrogen and oxygen atoms in total. The molecule has 0 rings (SSSR count). The molecule has 0 atom stereocenters. The summed E-state index contributed by atoms with van der Waals surface area (Å²) in [5.74, 6) is 0. The predicted octanol–water partition coefficient (Wildman–Crippen LogP) is -3.51. The first kappa shape index (κ1) is 75.1. The Hall–Kier alpha value is 1.05. The molecule has 4 heavy (non-hydrogen) atoms. The molecule has 0 aliphatic heterocycles. The quantitative estimate of drug-likeness (QED) is 0.277. The van der Waals surface area contributed by atoms with Crippen molar-refractivity contribution in [2.45, 2.75) is 0 Å². The van der Waals surface area contributed by atoms with Crippen LogP contribution in [0.5, 0.6) is 0 Å². The Morgan fingerprint density at radius 3 is 1.00 bits per heavy atom. The molecule has 0 aromatic rings. The Labute approximate surface area is 50.5 Å². The van der Waals surface area contributed by atoms with Crippen LogP contribution in [0.4, 0.5) is 0 Å². The third-order valence-electron chi connectivity index (χ3n) is 0. The van der Waals surface area contributed by atoms with Crippen molar-refractivity contribution >= 4 is 17.4 Å². The van der Waals surface area contributed by atoms with E-state index in [1.165, 1.54) is 0 Å². The molecule has 0 aromatic carbocycles. The van der Waals surface area contributed by atoms with E-state index in [-0.39, 0.29) is 50.0 Å². The summed E-state index contributed by atoms with van der Waals surface area (Å²) in [6.07, 6.45) is 0. The van der Waals surface area contributed by atoms with Crippen LogP contribution in [0.1, 0.15) is 2.85 Å². The second kappa shape index (κ2) is 34.2. The van der Waals surface area contributed by atoms with Crippen LogP contribution in [-0.4, -0.2) is 28.3 Å². The maximum absolute atomic E-state index is 0. The normalized spacial score (nSPS) is 0. The van der Waals surface area contributed by atoms with Crippen LogP contribution >= 0.6 is 0 Å². The first-order chi connectivity index (χ1) is 0. The van der Waals surface area contributed by atoms with E-state index in [0.717, 1.165) is 0 Å². The molecule has 0 amide bonds. The van der Waals surface area contributed by atoms with Gasteiger partial charge in [0.2, 0.25) is 0 Å². The summed E-state index contributed by atoms with van der Waals surface area (Å²) in [7, 11) is 0. The van der Waals surface area contributed by atoms with E-state index >= 15 is 0 Å². The van der Waals surface area contributed by atoms with Crippen LogP contribution in [0.15, 0.2) is 0 Å². The molecule has 20 valence electrons. The standard InChI is InChI=1S/Al.Li.2H2O.2H/h;;2*1H2;;/q+3;+1;;;2*-1/p-2. The van der Waals surface area contributed by atoms with Gasteiger partial charge >= 0.3 is 36.2 Å². The van der Waals surface area contributed by atoms with Crippen molar-refractivity contribution in [3.63, 3.8) is 0 Å². The number of hydrogen-bond donors (Lipinski definition) is 0. The average molecular weight is 70.0 g/mol. The Morgan fingerprint density at radius 2 is 1.00 bits per heavy atom. The van der Waals surface area contributed by atoms with Gasteiger partial charge in [0, 0.05) is 0 Å². The summed E-state index contributed by atoms with van der Waals surface area (Å²) >= 11 is 0. The zero-order valence-corrected chi connectivity index (χ0v) is 3.63. The second-order valence-electron chi connectivity index (χ2n) is 0. The smallest absolute Gasteiger partial charge is 1.00 e. The molecule has 0 unspecified atom stereocenters. The summed E-state index contributed by atoms with van der Waals surface area (Å²) < 4.78 is 0. The minimum absolute atomic E-state index is 0. The van der Waals surface area contributed by atoms with Gasteiger partial charge in [-0.15, -0.1) is 0 Å². The molecule has 0 aromatic heterocycles. The number of hydrogen-bond acceptors (Lipinski definition) is 2. The van der Waals surface area contributed by atoms with Crippen LogP contribution in [0, 0.1) is 0 Å². The molecule has 0 bridgehead atoms. The maximum Gasteiger partial charge on any atom is 3.00 e. The van der Waals surface area contributed by atoms with Crippen LogP contribution in [-0.2, 0) is 0 Å². The summed E-state index contributed by atoms with van der Waals surface area (Å²) in [6, 6.07) is 0. The van der Waals surface area contributed by atoms with E-state index in [4.69, 9.17) is 0 Å². The van der Waals surface area contributed by atoms with Gasteiger partial charge in [-0.25, -0.2) is 0 Å². The van der Waals surface area contributed by atoms with Gasteiger partial charge in [0.15, 0.2) is 0 Å². The first-order valence-corrected chi connectivity index (χ1v) is 0. The van der Waals surface area contributed by atoms with E-state index in [1.54, 1.807) is 0 Å². The van der Waals surface area contributed by atoms with Crippen LogP contribution in [0.2, 0.25) is 0 Å². The van der Waals surface area contributed by atoms with Crippen molar-refractivity contribution < 1.29 is 32.7 Å². The van der Waals surface area contributed by atoms with Gasteiger partial charge in [-0.2, -0.15) is 0 Å². The molecular formula is H4AlLiO2. The van der Waals surface area contributed by atoms with Crippen molar-refractivity contribution in [3.05, 3.63) is 0 Å². The fourth-order valence-corrected chi connectivity index (χ4v) is 0. The molecule has 0 aliphatic rings. The first-order valence-electron chi connectivity index (χ1n) is 0. The average Bonchev–Trinajstić information content (AvgIpc) is 0. The SMILES string of the molecule is [Al+3].[H-].[H-].[Li+].[OH-].[OH-]. The van der Waals surface area contributed by atoms with Crippen LogP contribution < -0.4 is 18.9 Å². The largest absolute Gasteiger partial charge is 3.00 e. The third kappa shape index (κ3) is 11.6. The van der Waals surface area contributed by atoms with Gasteiger partial charge in [-0.3, -0.25) is 0 Å². The van der Waals surface area contributed by atoms with E-state index in [1.807, 2.05) is 0 Å². The summed E-state index contributed by atoms with van der Waals surface area (Å²) in [5.41, 5.74) is 0. The minimum atomic E-state index is 0. The summed E-state index contributed by atoms with van der Waals surface area (Å²) in [6.45, 7) is 0. The van der Waals surface area contributed by atoms with Crippen molar-refractivity contribution in [3.8, 4) is 0 Å². The molecule has 0 heterocycles. The molecule has 0 radical (unpaired) electrons. The van der Waals surface area contributed by atoms with Crippen molar-refractivity contribution in [1.29, 1.82) is 0 Å². The third-order valence-corrected chi connectivity index (χ3v) is 0. The van der Waals surface area contributed by atoms with Crippen LogP contribution in [0.25, 0.3) is 0 Å². The fourth-order valence-electron chi connectivity index (χ4n) is 0. The Balaban J connectivity index is 0. The molecule has 0 aliphatic carbocycles. The van der Waals surface area contributed by atoms with Gasteiger partial charge in [-0.05, 0) is 0 Å². The molecule has 0 fully saturated rings. The van der Waals surface area contributed by atoms with Crippen molar-refractivity contribution in [1.82, 2.24) is 0 Å². The zero-order valence-electron chi connectivity index (χ0n) is 4.47. The van der Waals surface area contributed by atoms with E-state index < -0.39 is 0 Å². The Kier molecular flexibility index (Phi) is 642. The minimum Gasteiger partial charge on any atom is -1.00 e. The van der Waals surface area contributed by atoms with Crippen molar-refractivity contribution in [2.75, 3.05) is 0 Å².